The molecule has 0 aliphatic heterocycles. The van der Waals surface area contributed by atoms with Crippen molar-refractivity contribution in [2.75, 3.05) is 6.54 Å². The number of halogens is 1. The van der Waals surface area contributed by atoms with Crippen LogP contribution in [0.15, 0.2) is 54.9 Å². The van der Waals surface area contributed by atoms with Crippen LogP contribution < -0.4 is 5.32 Å². The summed E-state index contributed by atoms with van der Waals surface area (Å²) in [7, 11) is 0. The van der Waals surface area contributed by atoms with E-state index in [1.165, 1.54) is 10.9 Å². The van der Waals surface area contributed by atoms with E-state index in [9.17, 15) is 0 Å². The van der Waals surface area contributed by atoms with E-state index in [4.69, 9.17) is 11.6 Å². The minimum atomic E-state index is 0.748. The fourth-order valence-corrected chi connectivity index (χ4v) is 2.72. The van der Waals surface area contributed by atoms with E-state index < -0.39 is 0 Å². The summed E-state index contributed by atoms with van der Waals surface area (Å²) in [6.07, 6.45) is 3.82. The molecule has 0 saturated heterocycles. The molecule has 0 bridgehead atoms. The summed E-state index contributed by atoms with van der Waals surface area (Å²) in [6.45, 7) is 3.87. The zero-order valence-electron chi connectivity index (χ0n) is 11.9. The van der Waals surface area contributed by atoms with Gasteiger partial charge in [-0.1, -0.05) is 48.9 Å². The normalized spacial score (nSPS) is 11.0. The lowest BCUT2D eigenvalue weighted by Gasteiger charge is -2.13. The average Bonchev–Trinajstić information content (AvgIpc) is 2.53. The number of aromatic nitrogens is 1. The zero-order valence-corrected chi connectivity index (χ0v) is 12.7. The lowest BCUT2D eigenvalue weighted by atomic mass is 9.96. The number of pyridine rings is 1. The van der Waals surface area contributed by atoms with Crippen LogP contribution in [0, 0.1) is 0 Å². The monoisotopic (exact) mass is 296 g/mol. The Labute approximate surface area is 129 Å². The van der Waals surface area contributed by atoms with Crippen LogP contribution in [-0.4, -0.2) is 11.5 Å². The maximum atomic E-state index is 6.21. The first-order valence-corrected chi connectivity index (χ1v) is 7.49. The molecule has 0 atom stereocenters. The summed E-state index contributed by atoms with van der Waals surface area (Å²) in [5.41, 5.74) is 3.51. The van der Waals surface area contributed by atoms with Crippen molar-refractivity contribution in [2.45, 2.75) is 13.5 Å². The quantitative estimate of drug-likeness (QED) is 0.757. The number of benzene rings is 2. The molecule has 0 fully saturated rings. The van der Waals surface area contributed by atoms with Crippen LogP contribution in [0.1, 0.15) is 12.5 Å². The van der Waals surface area contributed by atoms with Crippen LogP contribution >= 0.6 is 11.6 Å². The van der Waals surface area contributed by atoms with E-state index in [-0.39, 0.29) is 0 Å². The Morgan fingerprint density at radius 2 is 1.90 bits per heavy atom. The van der Waals surface area contributed by atoms with Gasteiger partial charge in [0.1, 0.15) is 0 Å². The molecule has 0 amide bonds. The van der Waals surface area contributed by atoms with Crippen LogP contribution in [0.2, 0.25) is 5.02 Å². The first-order chi connectivity index (χ1) is 10.3. The Kier molecular flexibility index (Phi) is 4.18. The molecule has 3 rings (SSSR count). The molecule has 21 heavy (non-hydrogen) atoms. The van der Waals surface area contributed by atoms with Gasteiger partial charge in [0, 0.05) is 34.9 Å². The number of fused-ring (bicyclic) bond motifs is 1. The number of rotatable bonds is 4. The first kappa shape index (κ1) is 14.1. The SMILES string of the molecule is CCNCc1ccc(Cl)cc1-c1cncc2ccccc12. The molecule has 2 nitrogen and oxygen atoms in total. The molecule has 0 aliphatic carbocycles. The summed E-state index contributed by atoms with van der Waals surface area (Å²) >= 11 is 6.21. The lowest BCUT2D eigenvalue weighted by Crippen LogP contribution is -2.12. The zero-order chi connectivity index (χ0) is 14.7. The summed E-state index contributed by atoms with van der Waals surface area (Å²) in [4.78, 5) is 4.38. The fraction of sp³-hybridized carbons (Fsp3) is 0.167. The third-order valence-corrected chi connectivity index (χ3v) is 3.83. The van der Waals surface area contributed by atoms with Crippen molar-refractivity contribution in [1.29, 1.82) is 0 Å². The van der Waals surface area contributed by atoms with E-state index in [0.29, 0.717) is 0 Å². The molecular weight excluding hydrogens is 280 g/mol. The summed E-state index contributed by atoms with van der Waals surface area (Å²) in [5, 5.41) is 6.47. The molecule has 0 radical (unpaired) electrons. The van der Waals surface area contributed by atoms with Crippen molar-refractivity contribution < 1.29 is 0 Å². The highest BCUT2D eigenvalue weighted by Gasteiger charge is 2.09. The maximum absolute atomic E-state index is 6.21. The standard InChI is InChI=1S/C18H17ClN2/c1-2-20-10-14-7-8-15(19)9-17(14)18-12-21-11-13-5-3-4-6-16(13)18/h3-9,11-12,20H,2,10H2,1H3. The molecule has 1 heterocycles. The highest BCUT2D eigenvalue weighted by atomic mass is 35.5. The van der Waals surface area contributed by atoms with Gasteiger partial charge in [-0.3, -0.25) is 4.98 Å². The molecule has 0 aliphatic rings. The van der Waals surface area contributed by atoms with Gasteiger partial charge in [0.05, 0.1) is 0 Å². The van der Waals surface area contributed by atoms with Gasteiger partial charge < -0.3 is 5.32 Å². The van der Waals surface area contributed by atoms with Crippen molar-refractivity contribution in [3.8, 4) is 11.1 Å². The van der Waals surface area contributed by atoms with E-state index in [2.05, 4.69) is 41.5 Å². The second-order valence-corrected chi connectivity index (χ2v) is 5.43. The Morgan fingerprint density at radius 3 is 2.76 bits per heavy atom. The van der Waals surface area contributed by atoms with Crippen LogP contribution in [0.3, 0.4) is 0 Å². The van der Waals surface area contributed by atoms with Crippen LogP contribution in [0.4, 0.5) is 0 Å². The van der Waals surface area contributed by atoms with Gasteiger partial charge in [0.15, 0.2) is 0 Å². The Balaban J connectivity index is 2.19. The topological polar surface area (TPSA) is 24.9 Å². The predicted octanol–water partition coefficient (Wildman–Crippen LogP) is 4.66. The molecule has 1 aromatic heterocycles. The van der Waals surface area contributed by atoms with Crippen molar-refractivity contribution in [3.05, 3.63) is 65.4 Å². The van der Waals surface area contributed by atoms with Crippen molar-refractivity contribution in [3.63, 3.8) is 0 Å². The van der Waals surface area contributed by atoms with E-state index >= 15 is 0 Å². The van der Waals surface area contributed by atoms with Gasteiger partial charge in [0.25, 0.3) is 0 Å². The lowest BCUT2D eigenvalue weighted by molar-refractivity contribution is 0.728. The Bertz CT molecular complexity index is 763. The van der Waals surface area contributed by atoms with Crippen molar-refractivity contribution >= 4 is 22.4 Å². The van der Waals surface area contributed by atoms with Crippen LogP contribution in [0.25, 0.3) is 21.9 Å². The van der Waals surface area contributed by atoms with E-state index in [0.717, 1.165) is 34.6 Å². The molecule has 1 N–H and O–H groups in total. The predicted molar refractivity (Wildman–Crippen MR) is 89.6 cm³/mol. The largest absolute Gasteiger partial charge is 0.313 e. The second kappa shape index (κ2) is 6.25. The van der Waals surface area contributed by atoms with Gasteiger partial charge in [-0.25, -0.2) is 0 Å². The van der Waals surface area contributed by atoms with Gasteiger partial charge in [-0.2, -0.15) is 0 Å². The first-order valence-electron chi connectivity index (χ1n) is 7.12. The molecule has 2 aromatic carbocycles. The van der Waals surface area contributed by atoms with E-state index in [1.54, 1.807) is 0 Å². The molecule has 0 saturated carbocycles. The highest BCUT2D eigenvalue weighted by molar-refractivity contribution is 6.31. The molecular formula is C18H17ClN2. The fourth-order valence-electron chi connectivity index (χ4n) is 2.54. The molecule has 3 aromatic rings. The summed E-state index contributed by atoms with van der Waals surface area (Å²) in [5.74, 6) is 0. The van der Waals surface area contributed by atoms with Gasteiger partial charge in [0.2, 0.25) is 0 Å². The van der Waals surface area contributed by atoms with Crippen molar-refractivity contribution in [1.82, 2.24) is 10.3 Å². The van der Waals surface area contributed by atoms with Crippen molar-refractivity contribution in [2.24, 2.45) is 0 Å². The van der Waals surface area contributed by atoms with Crippen LogP contribution in [0.5, 0.6) is 0 Å². The second-order valence-electron chi connectivity index (χ2n) is 4.99. The van der Waals surface area contributed by atoms with E-state index in [1.807, 2.05) is 30.6 Å². The van der Waals surface area contributed by atoms with Gasteiger partial charge >= 0.3 is 0 Å². The van der Waals surface area contributed by atoms with Gasteiger partial charge in [-0.15, -0.1) is 0 Å². The third kappa shape index (κ3) is 2.92. The summed E-state index contributed by atoms with van der Waals surface area (Å²) < 4.78 is 0. The van der Waals surface area contributed by atoms with Crippen LogP contribution in [-0.2, 0) is 6.54 Å². The molecule has 0 unspecified atom stereocenters. The number of nitrogens with zero attached hydrogens (tertiary/aromatic N) is 1. The maximum Gasteiger partial charge on any atom is 0.0412 e. The average molecular weight is 297 g/mol. The third-order valence-electron chi connectivity index (χ3n) is 3.60. The smallest absolute Gasteiger partial charge is 0.0412 e. The molecule has 106 valence electrons. The number of hydrogen-bond donors (Lipinski definition) is 1. The molecule has 0 spiro atoms. The van der Waals surface area contributed by atoms with Gasteiger partial charge in [-0.05, 0) is 35.2 Å². The molecule has 3 heteroatoms. The minimum absolute atomic E-state index is 0.748. The Hall–Kier alpha value is -1.90. The number of hydrogen-bond acceptors (Lipinski definition) is 2. The number of nitrogens with one attached hydrogen (secondary N) is 1. The summed E-state index contributed by atoms with van der Waals surface area (Å²) in [6, 6.07) is 14.4. The highest BCUT2D eigenvalue weighted by Crippen LogP contribution is 2.32. The Morgan fingerprint density at radius 1 is 1.05 bits per heavy atom. The minimum Gasteiger partial charge on any atom is -0.313 e.